The van der Waals surface area contributed by atoms with Gasteiger partial charge in [0.25, 0.3) is 5.56 Å². The van der Waals surface area contributed by atoms with Crippen molar-refractivity contribution in [2.24, 2.45) is 12.8 Å². The zero-order valence-electron chi connectivity index (χ0n) is 13.7. The van der Waals surface area contributed by atoms with Crippen LogP contribution in [-0.2, 0) is 11.8 Å². The van der Waals surface area contributed by atoms with Crippen molar-refractivity contribution in [3.8, 4) is 11.4 Å². The van der Waals surface area contributed by atoms with E-state index in [0.29, 0.717) is 34.3 Å². The third-order valence-corrected chi connectivity index (χ3v) is 5.48. The minimum absolute atomic E-state index is 0.193. The van der Waals surface area contributed by atoms with Crippen LogP contribution in [0.1, 0.15) is 12.8 Å². The van der Waals surface area contributed by atoms with Gasteiger partial charge in [-0.15, -0.1) is 0 Å². The monoisotopic (exact) mass is 355 g/mol. The van der Waals surface area contributed by atoms with Gasteiger partial charge in [0.2, 0.25) is 5.91 Å². The SMILES string of the molecule is Cn1c(-c2ccccc2)nc2sc(N3CCCC3C(N)=O)nc2c1=O. The maximum atomic E-state index is 12.7. The highest BCUT2D eigenvalue weighted by molar-refractivity contribution is 7.21. The van der Waals surface area contributed by atoms with Crippen LogP contribution in [0, 0.1) is 0 Å². The van der Waals surface area contributed by atoms with E-state index in [9.17, 15) is 9.59 Å². The molecule has 0 saturated carbocycles. The molecule has 3 heterocycles. The van der Waals surface area contributed by atoms with Gasteiger partial charge in [-0.25, -0.2) is 9.97 Å². The van der Waals surface area contributed by atoms with E-state index in [1.54, 1.807) is 7.05 Å². The molecular weight excluding hydrogens is 338 g/mol. The van der Waals surface area contributed by atoms with Gasteiger partial charge >= 0.3 is 0 Å². The van der Waals surface area contributed by atoms with Gasteiger partial charge < -0.3 is 10.6 Å². The number of carbonyl (C=O) groups is 1. The van der Waals surface area contributed by atoms with Gasteiger partial charge in [-0.2, -0.15) is 0 Å². The van der Waals surface area contributed by atoms with E-state index in [1.165, 1.54) is 15.9 Å². The molecule has 2 aromatic heterocycles. The summed E-state index contributed by atoms with van der Waals surface area (Å²) in [5.74, 6) is 0.240. The van der Waals surface area contributed by atoms with Gasteiger partial charge in [-0.3, -0.25) is 14.2 Å². The summed E-state index contributed by atoms with van der Waals surface area (Å²) in [7, 11) is 1.69. The van der Waals surface area contributed by atoms with E-state index >= 15 is 0 Å². The summed E-state index contributed by atoms with van der Waals surface area (Å²) >= 11 is 1.33. The standard InChI is InChI=1S/C17H17N5O2S/c1-21-14(10-6-3-2-4-7-10)20-15-12(16(21)24)19-17(25-15)22-9-5-8-11(22)13(18)23/h2-4,6-7,11H,5,8-9H2,1H3,(H2,18,23). The van der Waals surface area contributed by atoms with Crippen molar-refractivity contribution < 1.29 is 4.79 Å². The number of primary amides is 1. The molecule has 1 amide bonds. The average molecular weight is 355 g/mol. The van der Waals surface area contributed by atoms with Crippen molar-refractivity contribution in [2.45, 2.75) is 18.9 Å². The Bertz CT molecular complexity index is 1010. The average Bonchev–Trinajstić information content (AvgIpc) is 3.25. The van der Waals surface area contributed by atoms with Crippen LogP contribution < -0.4 is 16.2 Å². The Morgan fingerprint density at radius 3 is 2.76 bits per heavy atom. The molecule has 1 aliphatic rings. The summed E-state index contributed by atoms with van der Waals surface area (Å²) < 4.78 is 1.51. The third-order valence-electron chi connectivity index (χ3n) is 4.49. The number of nitrogens with two attached hydrogens (primary N) is 1. The second-order valence-electron chi connectivity index (χ2n) is 6.07. The molecule has 25 heavy (non-hydrogen) atoms. The predicted octanol–water partition coefficient (Wildman–Crippen LogP) is 1.51. The fourth-order valence-electron chi connectivity index (χ4n) is 3.20. The van der Waals surface area contributed by atoms with Crippen LogP contribution in [0.5, 0.6) is 0 Å². The highest BCUT2D eigenvalue weighted by Crippen LogP contribution is 2.32. The third kappa shape index (κ3) is 2.58. The lowest BCUT2D eigenvalue weighted by Crippen LogP contribution is -2.40. The Morgan fingerprint density at radius 2 is 2.04 bits per heavy atom. The highest BCUT2D eigenvalue weighted by Gasteiger charge is 2.31. The van der Waals surface area contributed by atoms with Gasteiger partial charge in [-0.1, -0.05) is 41.7 Å². The van der Waals surface area contributed by atoms with Crippen molar-refractivity contribution in [3.05, 3.63) is 40.7 Å². The molecule has 1 saturated heterocycles. The van der Waals surface area contributed by atoms with Crippen molar-refractivity contribution in [1.82, 2.24) is 14.5 Å². The van der Waals surface area contributed by atoms with E-state index in [2.05, 4.69) is 9.97 Å². The molecule has 3 aromatic rings. The number of carbonyl (C=O) groups excluding carboxylic acids is 1. The van der Waals surface area contributed by atoms with Gasteiger partial charge in [0.15, 0.2) is 15.5 Å². The largest absolute Gasteiger partial charge is 0.368 e. The number of nitrogens with zero attached hydrogens (tertiary/aromatic N) is 4. The van der Waals surface area contributed by atoms with Gasteiger partial charge in [-0.05, 0) is 12.8 Å². The quantitative estimate of drug-likeness (QED) is 0.768. The Kier molecular flexibility index (Phi) is 3.76. The zero-order valence-corrected chi connectivity index (χ0v) is 14.5. The molecule has 128 valence electrons. The first kappa shape index (κ1) is 15.8. The summed E-state index contributed by atoms with van der Waals surface area (Å²) in [6.07, 6.45) is 1.59. The molecule has 0 bridgehead atoms. The van der Waals surface area contributed by atoms with Gasteiger partial charge in [0, 0.05) is 19.2 Å². The minimum Gasteiger partial charge on any atom is -0.368 e. The number of anilines is 1. The van der Waals surface area contributed by atoms with E-state index in [-0.39, 0.29) is 17.5 Å². The van der Waals surface area contributed by atoms with Crippen LogP contribution in [0.4, 0.5) is 5.13 Å². The lowest BCUT2D eigenvalue weighted by atomic mass is 10.2. The molecule has 1 unspecified atom stereocenters. The molecule has 1 atom stereocenters. The summed E-state index contributed by atoms with van der Waals surface area (Å²) in [4.78, 5) is 35.9. The molecule has 0 spiro atoms. The second kappa shape index (κ2) is 5.96. The molecule has 7 nitrogen and oxygen atoms in total. The molecule has 8 heteroatoms. The maximum Gasteiger partial charge on any atom is 0.281 e. The topological polar surface area (TPSA) is 94.1 Å². The number of hydrogen-bond acceptors (Lipinski definition) is 6. The summed E-state index contributed by atoms with van der Waals surface area (Å²) in [6, 6.07) is 9.20. The first-order chi connectivity index (χ1) is 12.1. The predicted molar refractivity (Wildman–Crippen MR) is 97.7 cm³/mol. The van der Waals surface area contributed by atoms with Crippen LogP contribution >= 0.6 is 11.3 Å². The first-order valence-corrected chi connectivity index (χ1v) is 8.87. The van der Waals surface area contributed by atoms with Crippen molar-refractivity contribution in [3.63, 3.8) is 0 Å². The molecule has 0 aliphatic carbocycles. The smallest absolute Gasteiger partial charge is 0.281 e. The van der Waals surface area contributed by atoms with Crippen LogP contribution in [0.25, 0.3) is 21.7 Å². The van der Waals surface area contributed by atoms with Crippen LogP contribution in [-0.4, -0.2) is 33.0 Å². The number of fused-ring (bicyclic) bond motifs is 1. The van der Waals surface area contributed by atoms with Crippen molar-refractivity contribution >= 4 is 32.7 Å². The number of benzene rings is 1. The highest BCUT2D eigenvalue weighted by atomic mass is 32.1. The normalized spacial score (nSPS) is 17.3. The number of hydrogen-bond donors (Lipinski definition) is 1. The molecule has 4 rings (SSSR count). The Labute approximate surface area is 147 Å². The molecule has 1 aliphatic heterocycles. The lowest BCUT2D eigenvalue weighted by Gasteiger charge is -2.20. The van der Waals surface area contributed by atoms with Gasteiger partial charge in [0.1, 0.15) is 11.9 Å². The van der Waals surface area contributed by atoms with Crippen LogP contribution in [0.3, 0.4) is 0 Å². The number of thiazole rings is 1. The van der Waals surface area contributed by atoms with E-state index < -0.39 is 0 Å². The molecular formula is C17H17N5O2S. The fraction of sp³-hybridized carbons (Fsp3) is 0.294. The van der Waals surface area contributed by atoms with E-state index in [4.69, 9.17) is 5.73 Å². The van der Waals surface area contributed by atoms with Gasteiger partial charge in [0.05, 0.1) is 0 Å². The molecule has 1 fully saturated rings. The summed E-state index contributed by atoms with van der Waals surface area (Å²) in [5.41, 5.74) is 6.50. The van der Waals surface area contributed by atoms with Crippen molar-refractivity contribution in [2.75, 3.05) is 11.4 Å². The molecule has 0 radical (unpaired) electrons. The Hall–Kier alpha value is -2.74. The molecule has 1 aromatic carbocycles. The van der Waals surface area contributed by atoms with Crippen molar-refractivity contribution in [1.29, 1.82) is 0 Å². The summed E-state index contributed by atoms with van der Waals surface area (Å²) in [6.45, 7) is 0.708. The number of aromatic nitrogens is 3. The fourth-order valence-corrected chi connectivity index (χ4v) is 4.21. The maximum absolute atomic E-state index is 12.7. The zero-order chi connectivity index (χ0) is 17.6. The number of rotatable bonds is 3. The minimum atomic E-state index is -0.363. The Balaban J connectivity index is 1.85. The van der Waals surface area contributed by atoms with E-state index in [1.807, 2.05) is 35.2 Å². The number of amides is 1. The lowest BCUT2D eigenvalue weighted by molar-refractivity contribution is -0.119. The van der Waals surface area contributed by atoms with Crippen LogP contribution in [0.15, 0.2) is 35.1 Å². The second-order valence-corrected chi connectivity index (χ2v) is 7.03. The van der Waals surface area contributed by atoms with E-state index in [0.717, 1.165) is 12.0 Å². The Morgan fingerprint density at radius 1 is 1.28 bits per heavy atom. The first-order valence-electron chi connectivity index (χ1n) is 8.05. The summed E-state index contributed by atoms with van der Waals surface area (Å²) in [5, 5.41) is 0.631. The molecule has 2 N–H and O–H groups in total. The van der Waals surface area contributed by atoms with Crippen LogP contribution in [0.2, 0.25) is 0 Å².